The second kappa shape index (κ2) is 8.51. The minimum atomic E-state index is -1.02. The lowest BCUT2D eigenvalue weighted by atomic mass is 10.2. The predicted molar refractivity (Wildman–Crippen MR) is 100 cm³/mol. The molecule has 0 aliphatic carbocycles. The van der Waals surface area contributed by atoms with Crippen LogP contribution in [0.4, 0.5) is 5.69 Å². The number of esters is 1. The molecule has 0 radical (unpaired) electrons. The first-order valence-corrected chi connectivity index (χ1v) is 8.64. The molecular weight excluding hydrogens is 366 g/mol. The van der Waals surface area contributed by atoms with Crippen LogP contribution in [-0.4, -0.2) is 45.4 Å². The van der Waals surface area contributed by atoms with Gasteiger partial charge in [0, 0.05) is 17.8 Å². The van der Waals surface area contributed by atoms with Gasteiger partial charge in [-0.15, -0.1) is 0 Å². The van der Waals surface area contributed by atoms with Crippen LogP contribution in [-0.2, 0) is 9.53 Å². The molecular formula is C20H21NO7. The van der Waals surface area contributed by atoms with E-state index in [2.05, 4.69) is 5.32 Å². The second-order valence-electron chi connectivity index (χ2n) is 6.00. The van der Waals surface area contributed by atoms with Crippen molar-refractivity contribution in [3.05, 3.63) is 42.0 Å². The highest BCUT2D eigenvalue weighted by Gasteiger charge is 2.21. The van der Waals surface area contributed by atoms with E-state index in [4.69, 9.17) is 23.7 Å². The zero-order chi connectivity index (χ0) is 20.1. The number of hydrogen-bond acceptors (Lipinski definition) is 7. The fraction of sp³-hybridized carbons (Fsp3) is 0.300. The van der Waals surface area contributed by atoms with Crippen LogP contribution >= 0.6 is 0 Å². The van der Waals surface area contributed by atoms with E-state index in [9.17, 15) is 9.59 Å². The monoisotopic (exact) mass is 387 g/mol. The Hall–Kier alpha value is -3.42. The van der Waals surface area contributed by atoms with E-state index in [1.807, 2.05) is 0 Å². The lowest BCUT2D eigenvalue weighted by Gasteiger charge is -2.19. The number of ether oxygens (including phenoxy) is 5. The van der Waals surface area contributed by atoms with Crippen molar-refractivity contribution in [3.8, 4) is 23.0 Å². The van der Waals surface area contributed by atoms with Gasteiger partial charge in [0.15, 0.2) is 17.6 Å². The van der Waals surface area contributed by atoms with Gasteiger partial charge in [0.1, 0.15) is 24.7 Å². The van der Waals surface area contributed by atoms with Crippen molar-refractivity contribution >= 4 is 17.6 Å². The van der Waals surface area contributed by atoms with Crippen LogP contribution in [0.2, 0.25) is 0 Å². The first-order chi connectivity index (χ1) is 13.5. The molecule has 1 N–H and O–H groups in total. The highest BCUT2D eigenvalue weighted by atomic mass is 16.6. The summed E-state index contributed by atoms with van der Waals surface area (Å²) in [5.74, 6) is 0.925. The summed E-state index contributed by atoms with van der Waals surface area (Å²) in [6, 6.07) is 9.71. The molecule has 1 atom stereocenters. The summed E-state index contributed by atoms with van der Waals surface area (Å²) in [5, 5.41) is 2.69. The molecule has 8 heteroatoms. The molecule has 8 nitrogen and oxygen atoms in total. The number of rotatable bonds is 6. The number of hydrogen-bond donors (Lipinski definition) is 1. The van der Waals surface area contributed by atoms with Crippen molar-refractivity contribution in [2.24, 2.45) is 0 Å². The summed E-state index contributed by atoms with van der Waals surface area (Å²) in [5.41, 5.74) is 0.732. The molecule has 1 aliphatic rings. The van der Waals surface area contributed by atoms with Crippen LogP contribution in [0.25, 0.3) is 0 Å². The Bertz CT molecular complexity index is 859. The summed E-state index contributed by atoms with van der Waals surface area (Å²) in [4.78, 5) is 24.8. The van der Waals surface area contributed by atoms with Gasteiger partial charge in [-0.3, -0.25) is 4.79 Å². The lowest BCUT2D eigenvalue weighted by Crippen LogP contribution is -2.30. The normalized spacial score (nSPS) is 13.2. The first kappa shape index (κ1) is 19.3. The number of anilines is 1. The predicted octanol–water partition coefficient (Wildman–Crippen LogP) is 2.66. The third-order valence-electron chi connectivity index (χ3n) is 4.05. The standard InChI is InChI=1S/C20H21NO7/c1-12(28-20(23)13-8-15(24-2)11-16(9-13)25-3)19(22)21-14-4-5-17-18(10-14)27-7-6-26-17/h4-5,8-12H,6-7H2,1-3H3,(H,21,22)/t12-/m0/s1. The van der Waals surface area contributed by atoms with Gasteiger partial charge >= 0.3 is 5.97 Å². The first-order valence-electron chi connectivity index (χ1n) is 8.64. The van der Waals surface area contributed by atoms with E-state index in [-0.39, 0.29) is 5.56 Å². The summed E-state index contributed by atoms with van der Waals surface area (Å²) in [7, 11) is 2.96. The van der Waals surface area contributed by atoms with Gasteiger partial charge in [0.2, 0.25) is 0 Å². The van der Waals surface area contributed by atoms with Gasteiger partial charge in [0.25, 0.3) is 5.91 Å². The topological polar surface area (TPSA) is 92.3 Å². The maximum atomic E-state index is 12.4. The molecule has 148 valence electrons. The maximum Gasteiger partial charge on any atom is 0.339 e. The fourth-order valence-corrected chi connectivity index (χ4v) is 2.57. The van der Waals surface area contributed by atoms with Crippen molar-refractivity contribution in [1.29, 1.82) is 0 Å². The fourth-order valence-electron chi connectivity index (χ4n) is 2.57. The van der Waals surface area contributed by atoms with Crippen LogP contribution in [0.1, 0.15) is 17.3 Å². The van der Waals surface area contributed by atoms with Crippen molar-refractivity contribution in [1.82, 2.24) is 0 Å². The zero-order valence-corrected chi connectivity index (χ0v) is 15.8. The molecule has 0 saturated heterocycles. The molecule has 1 heterocycles. The van der Waals surface area contributed by atoms with E-state index < -0.39 is 18.0 Å². The largest absolute Gasteiger partial charge is 0.497 e. The highest BCUT2D eigenvalue weighted by Crippen LogP contribution is 2.32. The molecule has 0 fully saturated rings. The molecule has 3 rings (SSSR count). The average Bonchev–Trinajstić information content (AvgIpc) is 2.73. The molecule has 0 aromatic heterocycles. The third kappa shape index (κ3) is 4.46. The summed E-state index contributed by atoms with van der Waals surface area (Å²) >= 11 is 0. The smallest absolute Gasteiger partial charge is 0.339 e. The number of amides is 1. The molecule has 2 aromatic rings. The summed E-state index contributed by atoms with van der Waals surface area (Å²) in [6.07, 6.45) is -1.02. The Morgan fingerprint density at radius 1 is 0.964 bits per heavy atom. The van der Waals surface area contributed by atoms with E-state index in [0.29, 0.717) is 41.9 Å². The molecule has 1 amide bonds. The van der Waals surface area contributed by atoms with Crippen LogP contribution in [0, 0.1) is 0 Å². The highest BCUT2D eigenvalue weighted by molar-refractivity contribution is 5.97. The van der Waals surface area contributed by atoms with Crippen LogP contribution in [0.15, 0.2) is 36.4 Å². The van der Waals surface area contributed by atoms with Crippen molar-refractivity contribution in [2.45, 2.75) is 13.0 Å². The van der Waals surface area contributed by atoms with E-state index in [0.717, 1.165) is 0 Å². The van der Waals surface area contributed by atoms with Crippen molar-refractivity contribution in [2.75, 3.05) is 32.8 Å². The molecule has 1 aliphatic heterocycles. The zero-order valence-electron chi connectivity index (χ0n) is 15.8. The van der Waals surface area contributed by atoms with E-state index >= 15 is 0 Å². The van der Waals surface area contributed by atoms with Gasteiger partial charge in [-0.05, 0) is 31.2 Å². The van der Waals surface area contributed by atoms with Crippen LogP contribution < -0.4 is 24.3 Å². The van der Waals surface area contributed by atoms with Gasteiger partial charge in [-0.25, -0.2) is 4.79 Å². The molecule has 0 unspecified atom stereocenters. The maximum absolute atomic E-state index is 12.4. The Kier molecular flexibility index (Phi) is 5.88. The van der Waals surface area contributed by atoms with Gasteiger partial charge in [-0.1, -0.05) is 0 Å². The van der Waals surface area contributed by atoms with Gasteiger partial charge in [-0.2, -0.15) is 0 Å². The Morgan fingerprint density at radius 3 is 2.25 bits per heavy atom. The number of fused-ring (bicyclic) bond motifs is 1. The summed E-state index contributed by atoms with van der Waals surface area (Å²) < 4.78 is 26.5. The third-order valence-corrected chi connectivity index (χ3v) is 4.05. The number of methoxy groups -OCH3 is 2. The van der Waals surface area contributed by atoms with E-state index in [1.54, 1.807) is 24.3 Å². The Balaban J connectivity index is 1.64. The quantitative estimate of drug-likeness (QED) is 0.762. The van der Waals surface area contributed by atoms with Crippen molar-refractivity contribution < 1.29 is 33.3 Å². The average molecular weight is 387 g/mol. The number of carbonyl (C=O) groups excluding carboxylic acids is 2. The molecule has 2 aromatic carbocycles. The minimum absolute atomic E-state index is 0.218. The SMILES string of the molecule is COc1cc(OC)cc(C(=O)O[C@@H](C)C(=O)Nc2ccc3c(c2)OCCO3)c1. The van der Waals surface area contributed by atoms with Crippen LogP contribution in [0.5, 0.6) is 23.0 Å². The number of nitrogens with one attached hydrogen (secondary N) is 1. The minimum Gasteiger partial charge on any atom is -0.497 e. The van der Waals surface area contributed by atoms with Crippen LogP contribution in [0.3, 0.4) is 0 Å². The van der Waals surface area contributed by atoms with Gasteiger partial charge < -0.3 is 29.0 Å². The van der Waals surface area contributed by atoms with Gasteiger partial charge in [0.05, 0.1) is 19.8 Å². The van der Waals surface area contributed by atoms with Crippen molar-refractivity contribution in [3.63, 3.8) is 0 Å². The number of carbonyl (C=O) groups is 2. The van der Waals surface area contributed by atoms with E-state index in [1.165, 1.54) is 33.3 Å². The number of benzene rings is 2. The Labute approximate surface area is 162 Å². The molecule has 0 saturated carbocycles. The molecule has 28 heavy (non-hydrogen) atoms. The lowest BCUT2D eigenvalue weighted by molar-refractivity contribution is -0.123. The summed E-state index contributed by atoms with van der Waals surface area (Å²) in [6.45, 7) is 2.42. The molecule has 0 spiro atoms. The molecule has 0 bridgehead atoms. The Morgan fingerprint density at radius 2 is 1.61 bits per heavy atom. The second-order valence-corrected chi connectivity index (χ2v) is 6.00.